The van der Waals surface area contributed by atoms with E-state index in [0.29, 0.717) is 17.8 Å². The number of aromatic nitrogens is 2. The first-order valence-corrected chi connectivity index (χ1v) is 6.72. The summed E-state index contributed by atoms with van der Waals surface area (Å²) in [6, 6.07) is 6.28. The Hall–Kier alpha value is -1.97. The van der Waals surface area contributed by atoms with Gasteiger partial charge in [0, 0.05) is 16.7 Å². The average molecular weight is 274 g/mol. The molecule has 0 saturated heterocycles. The fourth-order valence-electron chi connectivity index (χ4n) is 2.33. The Morgan fingerprint density at radius 2 is 1.85 bits per heavy atom. The molecule has 0 radical (unpaired) electrons. The van der Waals surface area contributed by atoms with E-state index in [9.17, 15) is 9.18 Å². The average Bonchev–Trinajstić information content (AvgIpc) is 2.38. The van der Waals surface area contributed by atoms with Crippen LogP contribution in [0.2, 0.25) is 0 Å². The van der Waals surface area contributed by atoms with E-state index in [4.69, 9.17) is 0 Å². The molecule has 0 amide bonds. The maximum atomic E-state index is 13.0. The Balaban J connectivity index is 2.54. The van der Waals surface area contributed by atoms with Crippen LogP contribution in [0.15, 0.2) is 29.1 Å². The van der Waals surface area contributed by atoms with Crippen LogP contribution in [0.25, 0.3) is 0 Å². The minimum absolute atomic E-state index is 0.0924. The second-order valence-electron chi connectivity index (χ2n) is 5.46. The van der Waals surface area contributed by atoms with Gasteiger partial charge < -0.3 is 4.98 Å². The van der Waals surface area contributed by atoms with E-state index in [1.54, 1.807) is 12.1 Å². The number of hydrogen-bond acceptors (Lipinski definition) is 2. The smallest absolute Gasteiger partial charge is 0.254 e. The fourth-order valence-corrected chi connectivity index (χ4v) is 2.33. The summed E-state index contributed by atoms with van der Waals surface area (Å²) in [6.07, 6.45) is 0.658. The van der Waals surface area contributed by atoms with Crippen LogP contribution in [0.1, 0.15) is 43.4 Å². The van der Waals surface area contributed by atoms with Crippen LogP contribution in [0.5, 0.6) is 0 Å². The minimum Gasteiger partial charge on any atom is -0.310 e. The highest BCUT2D eigenvalue weighted by molar-refractivity contribution is 5.32. The van der Waals surface area contributed by atoms with Gasteiger partial charge in [-0.15, -0.1) is 0 Å². The van der Waals surface area contributed by atoms with Crippen LogP contribution >= 0.6 is 0 Å². The predicted molar refractivity (Wildman–Crippen MR) is 77.5 cm³/mol. The van der Waals surface area contributed by atoms with E-state index >= 15 is 0 Å². The maximum absolute atomic E-state index is 13.0. The van der Waals surface area contributed by atoms with E-state index in [1.807, 2.05) is 27.7 Å². The van der Waals surface area contributed by atoms with Crippen molar-refractivity contribution in [2.24, 2.45) is 0 Å². The van der Waals surface area contributed by atoms with Gasteiger partial charge in [0.15, 0.2) is 0 Å². The highest BCUT2D eigenvalue weighted by atomic mass is 19.1. The summed E-state index contributed by atoms with van der Waals surface area (Å²) in [5.41, 5.74) is 1.80. The molecule has 0 saturated carbocycles. The number of H-pyrrole nitrogens is 1. The highest BCUT2D eigenvalue weighted by Gasteiger charge is 2.26. The summed E-state index contributed by atoms with van der Waals surface area (Å²) in [6.45, 7) is 7.70. The molecule has 1 heterocycles. The summed E-state index contributed by atoms with van der Waals surface area (Å²) in [7, 11) is 0. The van der Waals surface area contributed by atoms with Crippen LogP contribution in [-0.4, -0.2) is 9.97 Å². The van der Waals surface area contributed by atoms with Crippen LogP contribution in [-0.2, 0) is 11.8 Å². The lowest BCUT2D eigenvalue weighted by atomic mass is 9.83. The molecule has 0 unspecified atom stereocenters. The standard InChI is InChI=1S/C16H19FN2O/c1-5-13-10(2)18-15(19-14(13)20)16(3,4)11-6-8-12(17)9-7-11/h6-9H,5H2,1-4H3,(H,18,19,20). The normalized spacial score (nSPS) is 11.7. The Labute approximate surface area is 117 Å². The lowest BCUT2D eigenvalue weighted by Crippen LogP contribution is -2.28. The van der Waals surface area contributed by atoms with Crippen molar-refractivity contribution in [1.29, 1.82) is 0 Å². The number of nitrogens with one attached hydrogen (secondary N) is 1. The van der Waals surface area contributed by atoms with Gasteiger partial charge in [-0.25, -0.2) is 9.37 Å². The molecule has 1 aromatic heterocycles. The lowest BCUT2D eigenvalue weighted by molar-refractivity contribution is 0.576. The van der Waals surface area contributed by atoms with Crippen molar-refractivity contribution in [3.05, 3.63) is 63.1 Å². The van der Waals surface area contributed by atoms with Gasteiger partial charge in [0.05, 0.1) is 0 Å². The van der Waals surface area contributed by atoms with Crippen molar-refractivity contribution in [1.82, 2.24) is 9.97 Å². The summed E-state index contributed by atoms with van der Waals surface area (Å²) >= 11 is 0. The third kappa shape index (κ3) is 2.50. The number of benzene rings is 1. The fraction of sp³-hybridized carbons (Fsp3) is 0.375. The molecular weight excluding hydrogens is 255 g/mol. The third-order valence-electron chi connectivity index (χ3n) is 3.73. The molecule has 0 aliphatic heterocycles. The molecule has 20 heavy (non-hydrogen) atoms. The molecule has 0 aliphatic carbocycles. The number of aryl methyl sites for hydroxylation is 1. The molecule has 0 fully saturated rings. The molecule has 2 rings (SSSR count). The molecule has 0 bridgehead atoms. The number of halogens is 1. The number of rotatable bonds is 3. The van der Waals surface area contributed by atoms with Crippen molar-refractivity contribution in [3.63, 3.8) is 0 Å². The van der Waals surface area contributed by atoms with Gasteiger partial charge in [0.2, 0.25) is 0 Å². The van der Waals surface area contributed by atoms with Crippen molar-refractivity contribution >= 4 is 0 Å². The molecule has 0 atom stereocenters. The van der Waals surface area contributed by atoms with E-state index in [2.05, 4.69) is 9.97 Å². The SMILES string of the molecule is CCc1c(C)nc(C(C)(C)c2ccc(F)cc2)[nH]c1=O. The molecule has 3 nitrogen and oxygen atoms in total. The van der Waals surface area contributed by atoms with Crippen molar-refractivity contribution < 1.29 is 4.39 Å². The highest BCUT2D eigenvalue weighted by Crippen LogP contribution is 2.28. The Morgan fingerprint density at radius 1 is 1.25 bits per heavy atom. The molecule has 0 spiro atoms. The zero-order valence-corrected chi connectivity index (χ0v) is 12.2. The first-order chi connectivity index (χ1) is 9.36. The molecule has 1 aromatic carbocycles. The maximum Gasteiger partial charge on any atom is 0.254 e. The number of nitrogens with zero attached hydrogens (tertiary/aromatic N) is 1. The van der Waals surface area contributed by atoms with Crippen molar-refractivity contribution in [3.8, 4) is 0 Å². The van der Waals surface area contributed by atoms with Crippen LogP contribution in [0.4, 0.5) is 4.39 Å². The largest absolute Gasteiger partial charge is 0.310 e. The van der Waals surface area contributed by atoms with E-state index in [-0.39, 0.29) is 11.4 Å². The molecule has 0 aliphatic rings. The zero-order chi connectivity index (χ0) is 14.9. The minimum atomic E-state index is -0.482. The van der Waals surface area contributed by atoms with Crippen LogP contribution in [0, 0.1) is 12.7 Å². The predicted octanol–water partition coefficient (Wildman–Crippen LogP) is 3.11. The van der Waals surface area contributed by atoms with Gasteiger partial charge in [-0.2, -0.15) is 0 Å². The second kappa shape index (κ2) is 5.19. The molecule has 2 aromatic rings. The quantitative estimate of drug-likeness (QED) is 0.934. The summed E-state index contributed by atoms with van der Waals surface area (Å²) in [5.74, 6) is 0.326. The van der Waals surface area contributed by atoms with E-state index in [1.165, 1.54) is 12.1 Å². The summed E-state index contributed by atoms with van der Waals surface area (Å²) < 4.78 is 13.0. The third-order valence-corrected chi connectivity index (χ3v) is 3.73. The monoisotopic (exact) mass is 274 g/mol. The Kier molecular flexibility index (Phi) is 3.75. The molecular formula is C16H19FN2O. The molecule has 4 heteroatoms. The van der Waals surface area contributed by atoms with Gasteiger partial charge in [-0.3, -0.25) is 4.79 Å². The van der Waals surface area contributed by atoms with Crippen molar-refractivity contribution in [2.75, 3.05) is 0 Å². The van der Waals surface area contributed by atoms with Crippen LogP contribution < -0.4 is 5.56 Å². The summed E-state index contributed by atoms with van der Waals surface area (Å²) in [4.78, 5) is 19.5. The van der Waals surface area contributed by atoms with Gasteiger partial charge in [-0.05, 0) is 44.9 Å². The Bertz CT molecular complexity index is 672. The second-order valence-corrected chi connectivity index (χ2v) is 5.46. The lowest BCUT2D eigenvalue weighted by Gasteiger charge is -2.25. The first-order valence-electron chi connectivity index (χ1n) is 6.72. The molecule has 1 N–H and O–H groups in total. The van der Waals surface area contributed by atoms with Crippen LogP contribution in [0.3, 0.4) is 0 Å². The van der Waals surface area contributed by atoms with Gasteiger partial charge in [0.1, 0.15) is 11.6 Å². The van der Waals surface area contributed by atoms with E-state index < -0.39 is 5.41 Å². The van der Waals surface area contributed by atoms with Gasteiger partial charge >= 0.3 is 0 Å². The topological polar surface area (TPSA) is 45.8 Å². The van der Waals surface area contributed by atoms with Gasteiger partial charge in [-0.1, -0.05) is 19.1 Å². The Morgan fingerprint density at radius 3 is 2.35 bits per heavy atom. The number of aromatic amines is 1. The molecule has 106 valence electrons. The summed E-state index contributed by atoms with van der Waals surface area (Å²) in [5, 5.41) is 0. The van der Waals surface area contributed by atoms with E-state index in [0.717, 1.165) is 11.3 Å². The van der Waals surface area contributed by atoms with Crippen molar-refractivity contribution in [2.45, 2.75) is 39.5 Å². The zero-order valence-electron chi connectivity index (χ0n) is 12.2. The first kappa shape index (κ1) is 14.4. The van der Waals surface area contributed by atoms with Gasteiger partial charge in [0.25, 0.3) is 5.56 Å². The number of hydrogen-bond donors (Lipinski definition) is 1.